The Balaban J connectivity index is 0.862. The van der Waals surface area contributed by atoms with Crippen molar-refractivity contribution in [3.63, 3.8) is 0 Å². The van der Waals surface area contributed by atoms with E-state index >= 15 is 0 Å². The number of nitrogens with two attached hydrogens (primary N) is 1. The molecule has 0 atom stereocenters. The number of nitrogen functional groups attached to an aromatic ring is 1. The fourth-order valence-corrected chi connectivity index (χ4v) is 5.75. The highest BCUT2D eigenvalue weighted by molar-refractivity contribution is 6.05. The summed E-state index contributed by atoms with van der Waals surface area (Å²) < 4.78 is 19.2. The first-order chi connectivity index (χ1) is 27.8. The molecule has 2 heterocycles. The van der Waals surface area contributed by atoms with Gasteiger partial charge in [0, 0.05) is 48.7 Å². The Morgan fingerprint density at radius 3 is 2.30 bits per heavy atom. The number of pyridine rings is 1. The number of carbonyl (C=O) groups is 4. The minimum Gasteiger partial charge on any atom is -0.491 e. The molecule has 0 radical (unpaired) electrons. The number of ether oxygens (including phenoxy) is 3. The predicted octanol–water partition coefficient (Wildman–Crippen LogP) is 5.09. The first-order valence-corrected chi connectivity index (χ1v) is 18.3. The van der Waals surface area contributed by atoms with Crippen LogP contribution in [0.4, 0.5) is 11.4 Å². The Bertz CT molecular complexity index is 2280. The second kappa shape index (κ2) is 19.9. The average Bonchev–Trinajstić information content (AvgIpc) is 3.63. The van der Waals surface area contributed by atoms with E-state index in [1.54, 1.807) is 83.6 Å². The van der Waals surface area contributed by atoms with E-state index in [0.29, 0.717) is 97.7 Å². The number of anilines is 2. The van der Waals surface area contributed by atoms with Gasteiger partial charge in [-0.2, -0.15) is 0 Å². The van der Waals surface area contributed by atoms with Crippen LogP contribution in [-0.2, 0) is 33.8 Å². The van der Waals surface area contributed by atoms with Gasteiger partial charge in [-0.15, -0.1) is 0 Å². The smallest absolute Gasteiger partial charge is 0.255 e. The lowest BCUT2D eigenvalue weighted by Crippen LogP contribution is -2.30. The van der Waals surface area contributed by atoms with Crippen molar-refractivity contribution >= 4 is 46.5 Å². The van der Waals surface area contributed by atoms with Gasteiger partial charge < -0.3 is 45.8 Å². The van der Waals surface area contributed by atoms with Crippen molar-refractivity contribution in [1.82, 2.24) is 25.5 Å². The van der Waals surface area contributed by atoms with Crippen LogP contribution in [0.15, 0.2) is 122 Å². The van der Waals surface area contributed by atoms with Crippen LogP contribution >= 0.6 is 0 Å². The third-order valence-electron chi connectivity index (χ3n) is 8.71. The van der Waals surface area contributed by atoms with E-state index in [4.69, 9.17) is 19.9 Å². The summed E-state index contributed by atoms with van der Waals surface area (Å²) >= 11 is 0. The quantitative estimate of drug-likeness (QED) is 0.0400. The Hall–Kier alpha value is -7.19. The van der Waals surface area contributed by atoms with Gasteiger partial charge in [-0.3, -0.25) is 19.2 Å². The van der Waals surface area contributed by atoms with E-state index in [1.165, 1.54) is 6.20 Å². The molecule has 0 fully saturated rings. The summed E-state index contributed by atoms with van der Waals surface area (Å²) in [5.41, 5.74) is 10.4. The third kappa shape index (κ3) is 11.7. The first-order valence-electron chi connectivity index (χ1n) is 18.3. The molecular formula is C43H43N7O7. The van der Waals surface area contributed by atoms with E-state index < -0.39 is 0 Å². The number of amides is 4. The highest BCUT2D eigenvalue weighted by Gasteiger charge is 2.13. The molecule has 292 valence electrons. The van der Waals surface area contributed by atoms with Crippen LogP contribution in [-0.4, -0.2) is 66.6 Å². The number of carbonyl (C=O) groups excluding carboxylic acids is 4. The van der Waals surface area contributed by atoms with Crippen LogP contribution in [0, 0.1) is 0 Å². The second-order valence-corrected chi connectivity index (χ2v) is 12.9. The van der Waals surface area contributed by atoms with Crippen LogP contribution in [0.1, 0.15) is 31.8 Å². The summed E-state index contributed by atoms with van der Waals surface area (Å²) in [6, 6.07) is 32.3. The molecule has 0 bridgehead atoms. The molecule has 0 aliphatic heterocycles. The number of hydrogen-bond donors (Lipinski definition) is 5. The summed E-state index contributed by atoms with van der Waals surface area (Å²) in [4.78, 5) is 53.1. The summed E-state index contributed by atoms with van der Waals surface area (Å²) in [7, 11) is 0. The van der Waals surface area contributed by atoms with Gasteiger partial charge in [-0.1, -0.05) is 36.4 Å². The van der Waals surface area contributed by atoms with Crippen LogP contribution < -0.4 is 36.5 Å². The molecule has 0 spiro atoms. The first kappa shape index (κ1) is 39.5. The Kier molecular flexibility index (Phi) is 13.8. The summed E-state index contributed by atoms with van der Waals surface area (Å²) in [6.07, 6.45) is 4.59. The van der Waals surface area contributed by atoms with Crippen molar-refractivity contribution in [2.24, 2.45) is 0 Å². The summed E-state index contributed by atoms with van der Waals surface area (Å²) in [5, 5.41) is 12.0. The van der Waals surface area contributed by atoms with E-state index in [-0.39, 0.29) is 24.3 Å². The molecule has 6 rings (SSSR count). The SMILES string of the molecule is Nc1ccc(CCNC(=O)c2cnc3c(ccn3CC(=O)NCCOCCOc3ccc(Oc4ccccc4NC(=O)c4ccc(CNC=O)cc4)cc3)c2)cc1. The van der Waals surface area contributed by atoms with E-state index in [0.717, 1.165) is 16.5 Å². The van der Waals surface area contributed by atoms with Gasteiger partial charge in [0.2, 0.25) is 12.3 Å². The molecule has 0 saturated carbocycles. The monoisotopic (exact) mass is 769 g/mol. The highest BCUT2D eigenvalue weighted by Crippen LogP contribution is 2.30. The maximum atomic E-state index is 12.9. The minimum absolute atomic E-state index is 0.0737. The second-order valence-electron chi connectivity index (χ2n) is 12.9. The van der Waals surface area contributed by atoms with E-state index in [9.17, 15) is 19.2 Å². The van der Waals surface area contributed by atoms with Crippen LogP contribution in [0.2, 0.25) is 0 Å². The van der Waals surface area contributed by atoms with Gasteiger partial charge in [-0.25, -0.2) is 4.98 Å². The van der Waals surface area contributed by atoms with Crippen molar-refractivity contribution in [3.05, 3.63) is 144 Å². The molecule has 2 aromatic heterocycles. The van der Waals surface area contributed by atoms with Crippen LogP contribution in [0.5, 0.6) is 17.2 Å². The third-order valence-corrected chi connectivity index (χ3v) is 8.71. The normalized spacial score (nSPS) is 10.7. The van der Waals surface area contributed by atoms with Crippen molar-refractivity contribution < 1.29 is 33.4 Å². The standard InChI is InChI=1S/C43H43N7O7/c44-35-11-7-30(8-12-35)17-19-47-42(53)34-25-33-18-21-50(41(33)48-27-34)28-40(52)46-20-22-55-23-24-56-36-13-15-37(16-14-36)57-39-4-2-1-3-38(39)49-43(54)32-9-5-31(6-10-32)26-45-29-51/h1-16,18,21,25,27,29H,17,19-20,22-24,26,28,44H2,(H,45,51)(H,46,52)(H,47,53)(H,49,54). The van der Waals surface area contributed by atoms with E-state index in [1.807, 2.05) is 36.4 Å². The Morgan fingerprint density at radius 1 is 0.754 bits per heavy atom. The summed E-state index contributed by atoms with van der Waals surface area (Å²) in [6.45, 7) is 2.20. The zero-order valence-corrected chi connectivity index (χ0v) is 31.1. The van der Waals surface area contributed by atoms with Crippen molar-refractivity contribution in [1.29, 1.82) is 0 Å². The molecule has 0 aliphatic carbocycles. The molecule has 14 nitrogen and oxygen atoms in total. The number of aromatic nitrogens is 2. The lowest BCUT2D eigenvalue weighted by atomic mass is 10.1. The number of rotatable bonds is 20. The molecule has 4 amide bonds. The zero-order chi connectivity index (χ0) is 39.8. The van der Waals surface area contributed by atoms with E-state index in [2.05, 4.69) is 26.3 Å². The summed E-state index contributed by atoms with van der Waals surface area (Å²) in [5.74, 6) is 0.958. The maximum Gasteiger partial charge on any atom is 0.255 e. The van der Waals surface area contributed by atoms with Crippen molar-refractivity contribution in [2.75, 3.05) is 44.0 Å². The number of hydrogen-bond acceptors (Lipinski definition) is 9. The molecule has 6 N–H and O–H groups in total. The fraction of sp³-hybridized carbons (Fsp3) is 0.186. The Morgan fingerprint density at radius 2 is 1.51 bits per heavy atom. The number of fused-ring (bicyclic) bond motifs is 1. The topological polar surface area (TPSA) is 188 Å². The minimum atomic E-state index is -0.293. The van der Waals surface area contributed by atoms with Gasteiger partial charge in [0.15, 0.2) is 5.75 Å². The van der Waals surface area contributed by atoms with Gasteiger partial charge in [0.25, 0.3) is 11.8 Å². The van der Waals surface area contributed by atoms with Gasteiger partial charge in [0.05, 0.1) is 24.5 Å². The average molecular weight is 770 g/mol. The van der Waals surface area contributed by atoms with Crippen LogP contribution in [0.25, 0.3) is 11.0 Å². The lowest BCUT2D eigenvalue weighted by molar-refractivity contribution is -0.121. The van der Waals surface area contributed by atoms with Crippen molar-refractivity contribution in [2.45, 2.75) is 19.5 Å². The van der Waals surface area contributed by atoms with Gasteiger partial charge in [-0.05, 0) is 90.3 Å². The number of nitrogens with one attached hydrogen (secondary N) is 4. The largest absolute Gasteiger partial charge is 0.491 e. The maximum absolute atomic E-state index is 12.9. The lowest BCUT2D eigenvalue weighted by Gasteiger charge is -2.13. The Labute approximate surface area is 329 Å². The molecule has 0 unspecified atom stereocenters. The highest BCUT2D eigenvalue weighted by atomic mass is 16.5. The molecule has 4 aromatic carbocycles. The number of benzene rings is 4. The molecule has 0 saturated heterocycles. The zero-order valence-electron chi connectivity index (χ0n) is 31.1. The van der Waals surface area contributed by atoms with Gasteiger partial charge in [0.1, 0.15) is 30.3 Å². The van der Waals surface area contributed by atoms with Crippen molar-refractivity contribution in [3.8, 4) is 17.2 Å². The molecule has 0 aliphatic rings. The number of nitrogens with zero attached hydrogens (tertiary/aromatic N) is 2. The number of para-hydroxylation sites is 2. The molecular weight excluding hydrogens is 727 g/mol. The van der Waals surface area contributed by atoms with Crippen LogP contribution in [0.3, 0.4) is 0 Å². The van der Waals surface area contributed by atoms with Gasteiger partial charge >= 0.3 is 0 Å². The molecule has 14 heteroatoms. The molecule has 57 heavy (non-hydrogen) atoms. The fourth-order valence-electron chi connectivity index (χ4n) is 5.75. The molecule has 6 aromatic rings. The predicted molar refractivity (Wildman–Crippen MR) is 216 cm³/mol.